The lowest BCUT2D eigenvalue weighted by Gasteiger charge is -2.11. The van der Waals surface area contributed by atoms with Crippen LogP contribution in [0.3, 0.4) is 0 Å². The Labute approximate surface area is 97.1 Å². The molecule has 0 spiro atoms. The van der Waals surface area contributed by atoms with Crippen LogP contribution in [0.2, 0.25) is 0 Å². The van der Waals surface area contributed by atoms with E-state index in [2.05, 4.69) is 10.6 Å². The summed E-state index contributed by atoms with van der Waals surface area (Å²) in [7, 11) is 0. The first-order chi connectivity index (χ1) is 7.84. The van der Waals surface area contributed by atoms with Crippen molar-refractivity contribution in [2.75, 3.05) is 19.7 Å². The molecule has 0 saturated heterocycles. The lowest BCUT2D eigenvalue weighted by Crippen LogP contribution is -2.36. The normalized spacial score (nSPS) is 21.2. The van der Waals surface area contributed by atoms with E-state index >= 15 is 0 Å². The maximum Gasteiger partial charge on any atom is 0.234 e. The van der Waals surface area contributed by atoms with E-state index in [1.54, 1.807) is 0 Å². The molecule has 2 aliphatic rings. The van der Waals surface area contributed by atoms with E-state index in [1.807, 2.05) is 0 Å². The van der Waals surface area contributed by atoms with Gasteiger partial charge in [0, 0.05) is 12.6 Å². The zero-order valence-corrected chi connectivity index (χ0v) is 9.84. The summed E-state index contributed by atoms with van der Waals surface area (Å²) in [6.45, 7) is 1.92. The molecule has 2 saturated carbocycles. The Hall–Kier alpha value is -0.610. The van der Waals surface area contributed by atoms with Crippen LogP contribution < -0.4 is 10.6 Å². The number of amides is 1. The molecule has 0 bridgehead atoms. The Kier molecular flexibility index (Phi) is 4.60. The van der Waals surface area contributed by atoms with Crippen LogP contribution in [0.4, 0.5) is 0 Å². The second-order valence-electron chi connectivity index (χ2n) is 4.80. The first-order valence-electron chi connectivity index (χ1n) is 6.46. The van der Waals surface area contributed by atoms with E-state index in [1.165, 1.54) is 25.7 Å². The molecule has 4 heteroatoms. The molecule has 0 aromatic carbocycles. The van der Waals surface area contributed by atoms with Crippen molar-refractivity contribution in [3.8, 4) is 0 Å². The molecule has 0 radical (unpaired) electrons. The molecular formula is C12H22N2O2. The van der Waals surface area contributed by atoms with Gasteiger partial charge in [0.25, 0.3) is 0 Å². The fourth-order valence-corrected chi connectivity index (χ4v) is 2.06. The van der Waals surface area contributed by atoms with Gasteiger partial charge in [-0.25, -0.2) is 0 Å². The summed E-state index contributed by atoms with van der Waals surface area (Å²) in [4.78, 5) is 11.3. The minimum atomic E-state index is 0.114. The molecule has 0 aromatic heterocycles. The Morgan fingerprint density at radius 3 is 2.62 bits per heavy atom. The maximum atomic E-state index is 11.3. The van der Waals surface area contributed by atoms with Crippen LogP contribution in [0, 0.1) is 0 Å². The highest BCUT2D eigenvalue weighted by Crippen LogP contribution is 2.20. The molecule has 1 amide bonds. The van der Waals surface area contributed by atoms with E-state index in [0.29, 0.717) is 18.7 Å². The van der Waals surface area contributed by atoms with Crippen LogP contribution >= 0.6 is 0 Å². The Balaban J connectivity index is 1.40. The summed E-state index contributed by atoms with van der Waals surface area (Å²) >= 11 is 0. The molecule has 0 heterocycles. The van der Waals surface area contributed by atoms with Gasteiger partial charge in [-0.05, 0) is 25.7 Å². The summed E-state index contributed by atoms with van der Waals surface area (Å²) in [5, 5.41) is 6.05. The van der Waals surface area contributed by atoms with E-state index in [-0.39, 0.29) is 5.91 Å². The van der Waals surface area contributed by atoms with Gasteiger partial charge in [-0.1, -0.05) is 12.8 Å². The van der Waals surface area contributed by atoms with Gasteiger partial charge in [-0.3, -0.25) is 4.79 Å². The number of carbonyl (C=O) groups is 1. The van der Waals surface area contributed by atoms with Gasteiger partial charge in [0.15, 0.2) is 0 Å². The molecule has 0 unspecified atom stereocenters. The van der Waals surface area contributed by atoms with Crippen LogP contribution in [-0.4, -0.2) is 37.7 Å². The van der Waals surface area contributed by atoms with Gasteiger partial charge in [0.2, 0.25) is 5.91 Å². The monoisotopic (exact) mass is 226 g/mol. The highest BCUT2D eigenvalue weighted by molar-refractivity contribution is 5.78. The smallest absolute Gasteiger partial charge is 0.234 e. The van der Waals surface area contributed by atoms with Crippen LogP contribution in [0.25, 0.3) is 0 Å². The number of rotatable bonds is 7. The van der Waals surface area contributed by atoms with Crippen molar-refractivity contribution in [1.29, 1.82) is 0 Å². The topological polar surface area (TPSA) is 50.4 Å². The first kappa shape index (κ1) is 11.9. The van der Waals surface area contributed by atoms with Gasteiger partial charge >= 0.3 is 0 Å². The third-order valence-corrected chi connectivity index (χ3v) is 3.16. The van der Waals surface area contributed by atoms with Crippen LogP contribution in [-0.2, 0) is 9.53 Å². The van der Waals surface area contributed by atoms with Crippen molar-refractivity contribution < 1.29 is 9.53 Å². The highest BCUT2D eigenvalue weighted by Gasteiger charge is 2.22. The van der Waals surface area contributed by atoms with Crippen molar-refractivity contribution >= 4 is 5.91 Å². The van der Waals surface area contributed by atoms with Gasteiger partial charge in [0.1, 0.15) is 0 Å². The van der Waals surface area contributed by atoms with Crippen molar-refractivity contribution in [1.82, 2.24) is 10.6 Å². The Morgan fingerprint density at radius 1 is 1.19 bits per heavy atom. The molecule has 4 nitrogen and oxygen atoms in total. The summed E-state index contributed by atoms with van der Waals surface area (Å²) in [6.07, 6.45) is 7.81. The SMILES string of the molecule is O=C(CNCCOC1CCCC1)NC1CC1. The highest BCUT2D eigenvalue weighted by atomic mass is 16.5. The lowest BCUT2D eigenvalue weighted by molar-refractivity contribution is -0.120. The van der Waals surface area contributed by atoms with Crippen molar-refractivity contribution in [2.24, 2.45) is 0 Å². The Bertz CT molecular complexity index is 223. The average Bonchev–Trinajstić information content (AvgIpc) is 2.93. The summed E-state index contributed by atoms with van der Waals surface area (Å²) in [5.41, 5.74) is 0. The molecule has 0 aromatic rings. The predicted molar refractivity (Wildman–Crippen MR) is 62.2 cm³/mol. The largest absolute Gasteiger partial charge is 0.377 e. The van der Waals surface area contributed by atoms with E-state index in [9.17, 15) is 4.79 Å². The molecule has 2 aliphatic carbocycles. The third-order valence-electron chi connectivity index (χ3n) is 3.16. The molecule has 2 rings (SSSR count). The number of hydrogen-bond donors (Lipinski definition) is 2. The molecule has 2 N–H and O–H groups in total. The minimum Gasteiger partial charge on any atom is -0.377 e. The minimum absolute atomic E-state index is 0.114. The standard InChI is InChI=1S/C12H22N2O2/c15-12(14-10-5-6-10)9-13-7-8-16-11-3-1-2-4-11/h10-11,13H,1-9H2,(H,14,15). The third kappa shape index (κ3) is 4.49. The number of carbonyl (C=O) groups excluding carboxylic acids is 1. The number of nitrogens with one attached hydrogen (secondary N) is 2. The van der Waals surface area contributed by atoms with Crippen LogP contribution in [0.5, 0.6) is 0 Å². The van der Waals surface area contributed by atoms with Crippen molar-refractivity contribution in [2.45, 2.75) is 50.7 Å². The second kappa shape index (κ2) is 6.21. The van der Waals surface area contributed by atoms with E-state index in [4.69, 9.17) is 4.74 Å². The summed E-state index contributed by atoms with van der Waals surface area (Å²) in [6, 6.07) is 0.462. The number of hydrogen-bond acceptors (Lipinski definition) is 3. The quantitative estimate of drug-likeness (QED) is 0.632. The first-order valence-corrected chi connectivity index (χ1v) is 6.46. The summed E-state index contributed by atoms with van der Waals surface area (Å²) in [5.74, 6) is 0.114. The number of ether oxygens (including phenoxy) is 1. The van der Waals surface area contributed by atoms with Gasteiger partial charge in [0.05, 0.1) is 19.3 Å². The average molecular weight is 226 g/mol. The molecular weight excluding hydrogens is 204 g/mol. The second-order valence-corrected chi connectivity index (χ2v) is 4.80. The van der Waals surface area contributed by atoms with Gasteiger partial charge in [-0.15, -0.1) is 0 Å². The van der Waals surface area contributed by atoms with Crippen molar-refractivity contribution in [3.05, 3.63) is 0 Å². The molecule has 2 fully saturated rings. The van der Waals surface area contributed by atoms with Crippen LogP contribution in [0.15, 0.2) is 0 Å². The molecule has 0 atom stereocenters. The van der Waals surface area contributed by atoms with Crippen LogP contribution in [0.1, 0.15) is 38.5 Å². The fraction of sp³-hybridized carbons (Fsp3) is 0.917. The zero-order valence-electron chi connectivity index (χ0n) is 9.84. The fourth-order valence-electron chi connectivity index (χ4n) is 2.06. The molecule has 92 valence electrons. The van der Waals surface area contributed by atoms with E-state index < -0.39 is 0 Å². The predicted octanol–water partition coefficient (Wildman–Crippen LogP) is 0.814. The van der Waals surface area contributed by atoms with Gasteiger partial charge in [-0.2, -0.15) is 0 Å². The lowest BCUT2D eigenvalue weighted by atomic mass is 10.3. The summed E-state index contributed by atoms with van der Waals surface area (Å²) < 4.78 is 5.68. The molecule has 0 aliphatic heterocycles. The van der Waals surface area contributed by atoms with E-state index in [0.717, 1.165) is 26.0 Å². The zero-order chi connectivity index (χ0) is 11.2. The van der Waals surface area contributed by atoms with Crippen molar-refractivity contribution in [3.63, 3.8) is 0 Å². The maximum absolute atomic E-state index is 11.3. The van der Waals surface area contributed by atoms with Gasteiger partial charge < -0.3 is 15.4 Å². The Morgan fingerprint density at radius 2 is 1.94 bits per heavy atom. The molecule has 16 heavy (non-hydrogen) atoms.